The zero-order valence-corrected chi connectivity index (χ0v) is 30.7. The Morgan fingerprint density at radius 3 is 2.40 bits per heavy atom. The summed E-state index contributed by atoms with van der Waals surface area (Å²) in [5.41, 5.74) is 11.4. The van der Waals surface area contributed by atoms with Crippen LogP contribution < -0.4 is 10.6 Å². The second-order valence-electron chi connectivity index (χ2n) is 13.9. The maximum absolute atomic E-state index is 13.5. The van der Waals surface area contributed by atoms with Gasteiger partial charge in [0.25, 0.3) is 11.8 Å². The van der Waals surface area contributed by atoms with Crippen LogP contribution in [0, 0.1) is 17.8 Å². The molecule has 53 heavy (non-hydrogen) atoms. The number of aliphatic hydroxyl groups excluding tert-OH is 1. The van der Waals surface area contributed by atoms with Gasteiger partial charge in [-0.2, -0.15) is 0 Å². The van der Waals surface area contributed by atoms with Crippen LogP contribution in [0.25, 0.3) is 0 Å². The number of nitrogens with one attached hydrogen (secondary N) is 2. The summed E-state index contributed by atoms with van der Waals surface area (Å²) in [5, 5.41) is 18.2. The molecule has 0 spiro atoms. The number of aliphatic hydroxyl groups is 1. The van der Waals surface area contributed by atoms with Crippen molar-refractivity contribution in [3.63, 3.8) is 0 Å². The molecule has 0 saturated carbocycles. The summed E-state index contributed by atoms with van der Waals surface area (Å²) in [4.78, 5) is 66.8. The van der Waals surface area contributed by atoms with Gasteiger partial charge in [0, 0.05) is 71.6 Å². The van der Waals surface area contributed by atoms with Crippen LogP contribution in [0.4, 0.5) is 0 Å². The van der Waals surface area contributed by atoms with E-state index in [1.54, 1.807) is 6.08 Å². The normalized spacial score (nSPS) is 24.6. The molecule has 7 aliphatic rings. The molecule has 12 nitrogen and oxygen atoms in total. The first kappa shape index (κ1) is 35.5. The largest absolute Gasteiger partial charge is 0.510 e. The van der Waals surface area contributed by atoms with E-state index in [1.165, 1.54) is 19.3 Å². The minimum absolute atomic E-state index is 0.0684. The Morgan fingerprint density at radius 2 is 1.72 bits per heavy atom. The summed E-state index contributed by atoms with van der Waals surface area (Å²) in [6.45, 7) is 14.4. The van der Waals surface area contributed by atoms with Crippen LogP contribution >= 0.6 is 0 Å². The van der Waals surface area contributed by atoms with Crippen molar-refractivity contribution in [3.05, 3.63) is 116 Å². The quantitative estimate of drug-likeness (QED) is 0.222. The highest BCUT2D eigenvalue weighted by molar-refractivity contribution is 6.24. The van der Waals surface area contributed by atoms with Gasteiger partial charge < -0.3 is 20.5 Å². The molecule has 3 atom stereocenters. The number of carbonyl (C=O) groups is 4. The van der Waals surface area contributed by atoms with Crippen molar-refractivity contribution in [2.75, 3.05) is 20.2 Å². The van der Waals surface area contributed by atoms with Crippen molar-refractivity contribution < 1.29 is 29.0 Å². The number of imide groups is 1. The number of amides is 3. The molecule has 8 bridgehead atoms. The molecule has 1 aliphatic carbocycles. The maximum Gasteiger partial charge on any atom is 0.321 e. The van der Waals surface area contributed by atoms with Gasteiger partial charge in [0.05, 0.1) is 41.3 Å². The predicted molar refractivity (Wildman–Crippen MR) is 201 cm³/mol. The lowest BCUT2D eigenvalue weighted by atomic mass is 9.84. The number of rotatable bonds is 9. The Hall–Kier alpha value is -5.91. The molecular weight excluding hydrogens is 672 g/mol. The second kappa shape index (κ2) is 13.6. The van der Waals surface area contributed by atoms with Crippen molar-refractivity contribution in [1.29, 1.82) is 0 Å². The number of hydrogen-bond acceptors (Lipinski definition) is 10. The van der Waals surface area contributed by atoms with Gasteiger partial charge in [-0.05, 0) is 74.1 Å². The molecule has 12 heteroatoms. The second-order valence-corrected chi connectivity index (χ2v) is 13.9. The molecule has 0 aromatic heterocycles. The molecular formula is C41H42N6O6. The maximum atomic E-state index is 13.5. The molecule has 3 amide bonds. The number of ether oxygens (including phenoxy) is 1. The van der Waals surface area contributed by atoms with Crippen molar-refractivity contribution in [2.45, 2.75) is 53.9 Å². The van der Waals surface area contributed by atoms with Crippen LogP contribution in [0.1, 0.15) is 53.9 Å². The first-order valence-corrected chi connectivity index (χ1v) is 17.9. The van der Waals surface area contributed by atoms with Crippen LogP contribution in [-0.4, -0.2) is 71.0 Å². The minimum Gasteiger partial charge on any atom is -0.510 e. The van der Waals surface area contributed by atoms with Crippen LogP contribution in [0.5, 0.6) is 0 Å². The molecule has 1 saturated heterocycles. The summed E-state index contributed by atoms with van der Waals surface area (Å²) < 4.78 is 5.24. The number of carbonyl (C=O) groups excluding carboxylic acids is 4. The summed E-state index contributed by atoms with van der Waals surface area (Å²) >= 11 is 0. The minimum atomic E-state index is -1.12. The van der Waals surface area contributed by atoms with E-state index in [1.807, 2.05) is 32.1 Å². The number of hydrogen-bond donors (Lipinski definition) is 3. The van der Waals surface area contributed by atoms with E-state index in [0.29, 0.717) is 40.2 Å². The zero-order valence-electron chi connectivity index (χ0n) is 30.7. The van der Waals surface area contributed by atoms with Crippen LogP contribution in [0.3, 0.4) is 0 Å². The standard InChI is InChI=1S/C41H42N6O6/c1-8-23-19(3)26-16-28-21(5)25(10-11-32(48)42-14-15-47-33(49)12-13-34(47)50)38(45-28)36-37(41(52)53-7)40(51)35-22(6)29(46-39(35)36)18-31-24(9-2)20(4)27(44-31)17-30(23)43-26/h8,12-13,16-18,21,25,37,45,51H,1,9-11,14-15H2,2-7H3,(H,42,48)/t21-,25-,37+/m0/s1. The lowest BCUT2D eigenvalue weighted by molar-refractivity contribution is -0.143. The monoisotopic (exact) mass is 714 g/mol. The summed E-state index contributed by atoms with van der Waals surface area (Å²) in [7, 11) is 1.29. The zero-order chi connectivity index (χ0) is 37.9. The number of nitrogens with zero attached hydrogens (tertiary/aromatic N) is 4. The van der Waals surface area contributed by atoms with Gasteiger partial charge in [0.15, 0.2) is 0 Å². The Bertz CT molecular complexity index is 2190. The summed E-state index contributed by atoms with van der Waals surface area (Å²) in [6, 6.07) is 0. The number of fused-ring (bicyclic) bond motifs is 5. The summed E-state index contributed by atoms with van der Waals surface area (Å²) in [6.07, 6.45) is 11.4. The fraction of sp³-hybridized carbons (Fsp3) is 0.341. The van der Waals surface area contributed by atoms with E-state index < -0.39 is 23.7 Å². The van der Waals surface area contributed by atoms with Crippen molar-refractivity contribution in [1.82, 2.24) is 15.5 Å². The van der Waals surface area contributed by atoms with E-state index in [2.05, 4.69) is 38.0 Å². The van der Waals surface area contributed by atoms with Crippen molar-refractivity contribution >= 4 is 40.8 Å². The van der Waals surface area contributed by atoms with Gasteiger partial charge in [0.1, 0.15) is 11.7 Å². The highest BCUT2D eigenvalue weighted by Gasteiger charge is 2.49. The molecule has 272 valence electrons. The van der Waals surface area contributed by atoms with Gasteiger partial charge >= 0.3 is 5.97 Å². The average Bonchev–Trinajstić information content (AvgIpc) is 3.93. The van der Waals surface area contributed by atoms with Crippen molar-refractivity contribution in [3.8, 4) is 0 Å². The third-order valence-corrected chi connectivity index (χ3v) is 11.1. The number of aliphatic imine (C=N–C) groups is 3. The molecule has 6 heterocycles. The third kappa shape index (κ3) is 5.82. The highest BCUT2D eigenvalue weighted by atomic mass is 16.5. The van der Waals surface area contributed by atoms with E-state index >= 15 is 0 Å². The Labute approximate surface area is 307 Å². The number of allylic oxidation sites excluding steroid dienone is 11. The lowest BCUT2D eigenvalue weighted by Gasteiger charge is -2.20. The molecule has 3 N–H and O–H groups in total. The lowest BCUT2D eigenvalue weighted by Crippen LogP contribution is -2.38. The van der Waals surface area contributed by atoms with Crippen LogP contribution in [-0.2, 0) is 23.9 Å². The van der Waals surface area contributed by atoms with E-state index in [9.17, 15) is 24.3 Å². The van der Waals surface area contributed by atoms with E-state index in [0.717, 1.165) is 62.1 Å². The Morgan fingerprint density at radius 1 is 1.02 bits per heavy atom. The fourth-order valence-electron chi connectivity index (χ4n) is 8.11. The molecule has 0 aromatic carbocycles. The number of esters is 1. The molecule has 6 aliphatic heterocycles. The third-order valence-electron chi connectivity index (χ3n) is 11.1. The van der Waals surface area contributed by atoms with Gasteiger partial charge in [0.2, 0.25) is 5.91 Å². The fourth-order valence-corrected chi connectivity index (χ4v) is 8.11. The average molecular weight is 715 g/mol. The Kier molecular flexibility index (Phi) is 9.09. The van der Waals surface area contributed by atoms with Crippen LogP contribution in [0.15, 0.2) is 131 Å². The molecule has 0 unspecified atom stereocenters. The first-order valence-electron chi connectivity index (χ1n) is 17.9. The SMILES string of the molecule is C=CC1=C(C)C2=NC1=CC1=NC(=CC3=C(C)C4=C(O)[C@H](C(=O)OC)C(=C5NC(=C2)[C@@H](C)[C@@H]5CCC(=O)NCCN2C(=O)C=CC2=O)C4=N3)C(CC)=C1C. The smallest absolute Gasteiger partial charge is 0.321 e. The predicted octanol–water partition coefficient (Wildman–Crippen LogP) is 5.06. The van der Waals surface area contributed by atoms with Crippen LogP contribution in [0.2, 0.25) is 0 Å². The molecule has 0 radical (unpaired) electrons. The van der Waals surface area contributed by atoms with Gasteiger partial charge in [-0.15, -0.1) is 0 Å². The molecule has 7 rings (SSSR count). The highest BCUT2D eigenvalue weighted by Crippen LogP contribution is 2.49. The van der Waals surface area contributed by atoms with Gasteiger partial charge in [-0.3, -0.25) is 24.1 Å². The Balaban J connectivity index is 1.33. The van der Waals surface area contributed by atoms with Crippen molar-refractivity contribution in [2.24, 2.45) is 32.7 Å². The van der Waals surface area contributed by atoms with Gasteiger partial charge in [-0.1, -0.05) is 26.5 Å². The first-order chi connectivity index (χ1) is 25.4. The topological polar surface area (TPSA) is 162 Å². The van der Waals surface area contributed by atoms with Gasteiger partial charge in [-0.25, -0.2) is 15.0 Å². The summed E-state index contributed by atoms with van der Waals surface area (Å²) in [5.74, 6) is -3.40. The van der Waals surface area contributed by atoms with E-state index in [-0.39, 0.29) is 43.0 Å². The number of methoxy groups -OCH3 is 1. The molecule has 1 fully saturated rings. The van der Waals surface area contributed by atoms with E-state index in [4.69, 9.17) is 19.7 Å². The molecule has 0 aromatic rings.